The van der Waals surface area contributed by atoms with Crippen molar-refractivity contribution in [3.63, 3.8) is 0 Å². The first kappa shape index (κ1) is 19.2. The summed E-state index contributed by atoms with van der Waals surface area (Å²) >= 11 is 0. The number of furan rings is 1. The molecule has 2 atom stereocenters. The van der Waals surface area contributed by atoms with E-state index in [-0.39, 0.29) is 37.2 Å². The van der Waals surface area contributed by atoms with Gasteiger partial charge in [0, 0.05) is 25.4 Å². The lowest BCUT2D eigenvalue weighted by Crippen LogP contribution is -2.39. The SMILES string of the molecule is O=C1N[C@H](CCC(=O)N2CCCC[C@H]2c2cccnc2)C(=O)N1Cc1ccco1. The van der Waals surface area contributed by atoms with Gasteiger partial charge in [0.05, 0.1) is 18.8 Å². The molecule has 2 aromatic rings. The van der Waals surface area contributed by atoms with Gasteiger partial charge in [0.1, 0.15) is 11.8 Å². The first-order valence-electron chi connectivity index (χ1n) is 9.97. The molecule has 0 unspecified atom stereocenters. The molecular weight excluding hydrogens is 372 g/mol. The van der Waals surface area contributed by atoms with Crippen LogP contribution in [0.5, 0.6) is 0 Å². The molecule has 2 aliphatic heterocycles. The smallest absolute Gasteiger partial charge is 0.325 e. The maximum Gasteiger partial charge on any atom is 0.325 e. The van der Waals surface area contributed by atoms with Gasteiger partial charge in [0.25, 0.3) is 5.91 Å². The lowest BCUT2D eigenvalue weighted by atomic mass is 9.95. The zero-order valence-electron chi connectivity index (χ0n) is 16.1. The molecule has 0 saturated carbocycles. The van der Waals surface area contributed by atoms with Crippen LogP contribution < -0.4 is 5.32 Å². The van der Waals surface area contributed by atoms with Crippen molar-refractivity contribution in [1.29, 1.82) is 0 Å². The Morgan fingerprint density at radius 2 is 2.14 bits per heavy atom. The van der Waals surface area contributed by atoms with Crippen LogP contribution in [0.2, 0.25) is 0 Å². The summed E-state index contributed by atoms with van der Waals surface area (Å²) in [5.41, 5.74) is 1.04. The summed E-state index contributed by atoms with van der Waals surface area (Å²) in [6.07, 6.45) is 8.48. The van der Waals surface area contributed by atoms with Crippen molar-refractivity contribution in [3.8, 4) is 0 Å². The predicted molar refractivity (Wildman–Crippen MR) is 103 cm³/mol. The van der Waals surface area contributed by atoms with E-state index in [1.165, 1.54) is 6.26 Å². The average molecular weight is 396 g/mol. The molecule has 2 fully saturated rings. The van der Waals surface area contributed by atoms with E-state index in [2.05, 4.69) is 10.3 Å². The molecule has 0 bridgehead atoms. The Balaban J connectivity index is 1.36. The lowest BCUT2D eigenvalue weighted by Gasteiger charge is -2.36. The normalized spacial score (nSPS) is 22.1. The first-order valence-corrected chi connectivity index (χ1v) is 9.97. The van der Waals surface area contributed by atoms with Crippen molar-refractivity contribution < 1.29 is 18.8 Å². The number of amides is 4. The maximum absolute atomic E-state index is 12.9. The third kappa shape index (κ3) is 4.16. The minimum Gasteiger partial charge on any atom is -0.467 e. The number of carbonyl (C=O) groups is 3. The molecule has 1 N–H and O–H groups in total. The van der Waals surface area contributed by atoms with E-state index in [0.29, 0.717) is 12.3 Å². The summed E-state index contributed by atoms with van der Waals surface area (Å²) in [7, 11) is 0. The number of hydrogen-bond acceptors (Lipinski definition) is 5. The van der Waals surface area contributed by atoms with Gasteiger partial charge in [-0.25, -0.2) is 4.79 Å². The van der Waals surface area contributed by atoms with Crippen LogP contribution >= 0.6 is 0 Å². The highest BCUT2D eigenvalue weighted by molar-refractivity contribution is 6.04. The van der Waals surface area contributed by atoms with E-state index in [1.54, 1.807) is 18.3 Å². The average Bonchev–Trinajstić information content (AvgIpc) is 3.36. The minimum absolute atomic E-state index is 0.00471. The van der Waals surface area contributed by atoms with Crippen LogP contribution in [0.1, 0.15) is 49.5 Å². The Morgan fingerprint density at radius 3 is 2.90 bits per heavy atom. The van der Waals surface area contributed by atoms with Gasteiger partial charge in [-0.1, -0.05) is 6.07 Å². The summed E-state index contributed by atoms with van der Waals surface area (Å²) in [5, 5.41) is 2.68. The van der Waals surface area contributed by atoms with Gasteiger partial charge < -0.3 is 14.6 Å². The summed E-state index contributed by atoms with van der Waals surface area (Å²) in [6.45, 7) is 0.797. The van der Waals surface area contributed by atoms with Crippen molar-refractivity contribution in [3.05, 3.63) is 54.2 Å². The molecule has 2 aromatic heterocycles. The second kappa shape index (κ2) is 8.46. The molecule has 4 heterocycles. The van der Waals surface area contributed by atoms with Gasteiger partial charge in [-0.15, -0.1) is 0 Å². The van der Waals surface area contributed by atoms with E-state index in [9.17, 15) is 14.4 Å². The molecule has 4 amide bonds. The van der Waals surface area contributed by atoms with E-state index in [0.717, 1.165) is 29.7 Å². The van der Waals surface area contributed by atoms with Gasteiger partial charge in [-0.2, -0.15) is 0 Å². The zero-order valence-corrected chi connectivity index (χ0v) is 16.1. The lowest BCUT2D eigenvalue weighted by molar-refractivity contribution is -0.135. The number of hydrogen-bond donors (Lipinski definition) is 1. The highest BCUT2D eigenvalue weighted by atomic mass is 16.3. The van der Waals surface area contributed by atoms with Gasteiger partial charge >= 0.3 is 6.03 Å². The molecular formula is C21H24N4O4. The Labute approximate surface area is 168 Å². The largest absolute Gasteiger partial charge is 0.467 e. The Bertz CT molecular complexity index is 868. The molecule has 0 aliphatic carbocycles. The third-order valence-corrected chi connectivity index (χ3v) is 5.54. The molecule has 152 valence electrons. The molecule has 0 radical (unpaired) electrons. The van der Waals surface area contributed by atoms with Gasteiger partial charge in [-0.3, -0.25) is 19.5 Å². The summed E-state index contributed by atoms with van der Waals surface area (Å²) < 4.78 is 5.22. The molecule has 8 nitrogen and oxygen atoms in total. The molecule has 2 aliphatic rings. The Kier molecular flexibility index (Phi) is 5.59. The zero-order chi connectivity index (χ0) is 20.2. The van der Waals surface area contributed by atoms with Crippen molar-refractivity contribution >= 4 is 17.8 Å². The van der Waals surface area contributed by atoms with Crippen molar-refractivity contribution in [2.24, 2.45) is 0 Å². The van der Waals surface area contributed by atoms with Gasteiger partial charge in [0.15, 0.2) is 0 Å². The van der Waals surface area contributed by atoms with E-state index in [4.69, 9.17) is 4.42 Å². The van der Waals surface area contributed by atoms with Crippen molar-refractivity contribution in [2.45, 2.75) is 50.7 Å². The number of nitrogens with zero attached hydrogens (tertiary/aromatic N) is 3. The number of pyridine rings is 1. The Morgan fingerprint density at radius 1 is 1.24 bits per heavy atom. The summed E-state index contributed by atoms with van der Waals surface area (Å²) in [5.74, 6) is 0.226. The first-order chi connectivity index (χ1) is 14.1. The van der Waals surface area contributed by atoms with Crippen LogP contribution in [-0.4, -0.2) is 45.2 Å². The molecule has 0 spiro atoms. The number of likely N-dealkylation sites (tertiary alicyclic amines) is 1. The summed E-state index contributed by atoms with van der Waals surface area (Å²) in [6, 6.07) is 6.20. The monoisotopic (exact) mass is 396 g/mol. The van der Waals surface area contributed by atoms with E-state index < -0.39 is 12.1 Å². The number of carbonyl (C=O) groups excluding carboxylic acids is 3. The fourth-order valence-corrected chi connectivity index (χ4v) is 4.04. The van der Waals surface area contributed by atoms with Crippen LogP contribution in [0.25, 0.3) is 0 Å². The molecule has 4 rings (SSSR count). The van der Waals surface area contributed by atoms with Crippen LogP contribution in [-0.2, 0) is 16.1 Å². The van der Waals surface area contributed by atoms with Crippen molar-refractivity contribution in [1.82, 2.24) is 20.1 Å². The summed E-state index contributed by atoms with van der Waals surface area (Å²) in [4.78, 5) is 44.9. The number of rotatable bonds is 6. The molecule has 8 heteroatoms. The maximum atomic E-state index is 12.9. The van der Waals surface area contributed by atoms with Crippen LogP contribution in [0.3, 0.4) is 0 Å². The van der Waals surface area contributed by atoms with Crippen LogP contribution in [0.4, 0.5) is 4.79 Å². The van der Waals surface area contributed by atoms with E-state index >= 15 is 0 Å². The number of piperidine rings is 1. The number of nitrogens with one attached hydrogen (secondary N) is 1. The van der Waals surface area contributed by atoms with Gasteiger partial charge in [-0.05, 0) is 49.4 Å². The minimum atomic E-state index is -0.678. The fraction of sp³-hybridized carbons (Fsp3) is 0.429. The molecule has 2 saturated heterocycles. The van der Waals surface area contributed by atoms with Crippen molar-refractivity contribution in [2.75, 3.05) is 6.54 Å². The highest BCUT2D eigenvalue weighted by Gasteiger charge is 2.39. The Hall–Kier alpha value is -3.16. The molecule has 0 aromatic carbocycles. The molecule has 29 heavy (non-hydrogen) atoms. The van der Waals surface area contributed by atoms with Crippen LogP contribution in [0, 0.1) is 0 Å². The fourth-order valence-electron chi connectivity index (χ4n) is 4.04. The van der Waals surface area contributed by atoms with Crippen LogP contribution in [0.15, 0.2) is 47.3 Å². The standard InChI is InChI=1S/C21H24N4O4/c26-19(24-11-2-1-7-18(24)15-5-3-10-22-13-15)9-8-17-20(27)25(21(28)23-17)14-16-6-4-12-29-16/h3-6,10,12-13,17-18H,1-2,7-9,11,14H2,(H,23,28)/t17-,18+/m1/s1. The quantitative estimate of drug-likeness (QED) is 0.758. The predicted octanol–water partition coefficient (Wildman–Crippen LogP) is 2.63. The number of urea groups is 1. The third-order valence-electron chi connectivity index (χ3n) is 5.54. The number of aromatic nitrogens is 1. The highest BCUT2D eigenvalue weighted by Crippen LogP contribution is 2.31. The number of imide groups is 1. The van der Waals surface area contributed by atoms with Gasteiger partial charge in [0.2, 0.25) is 5.91 Å². The van der Waals surface area contributed by atoms with E-state index in [1.807, 2.05) is 23.2 Å². The second-order valence-corrected chi connectivity index (χ2v) is 7.43. The topological polar surface area (TPSA) is 95.8 Å². The second-order valence-electron chi connectivity index (χ2n) is 7.43.